The van der Waals surface area contributed by atoms with Gasteiger partial charge in [0.05, 0.1) is 5.41 Å². The predicted molar refractivity (Wildman–Crippen MR) is 87.6 cm³/mol. The monoisotopic (exact) mass is 314 g/mol. The first kappa shape index (κ1) is 15.2. The van der Waals surface area contributed by atoms with Crippen LogP contribution in [0.4, 0.5) is 0 Å². The Kier molecular flexibility index (Phi) is 2.88. The Labute approximate surface area is 138 Å². The number of ketones is 1. The van der Waals surface area contributed by atoms with Crippen molar-refractivity contribution in [2.24, 2.45) is 22.7 Å². The zero-order chi connectivity index (χ0) is 16.6. The third-order valence-electron chi connectivity index (χ3n) is 7.73. The summed E-state index contributed by atoms with van der Waals surface area (Å²) in [6.45, 7) is 12.6. The molecule has 1 saturated heterocycles. The molecule has 0 unspecified atom stereocenters. The minimum atomic E-state index is -0.640. The number of hydrogen-bond acceptors (Lipinski definition) is 3. The number of hydrogen-bond donors (Lipinski definition) is 0. The molecule has 2 spiro atoms. The van der Waals surface area contributed by atoms with Crippen LogP contribution in [0.25, 0.3) is 0 Å². The molecule has 0 amide bonds. The van der Waals surface area contributed by atoms with Gasteiger partial charge >= 0.3 is 5.97 Å². The van der Waals surface area contributed by atoms with E-state index in [1.165, 1.54) is 0 Å². The van der Waals surface area contributed by atoms with E-state index in [2.05, 4.69) is 27.0 Å². The smallest absolute Gasteiger partial charge is 0.306 e. The normalized spacial score (nSPS) is 48.5. The maximum atomic E-state index is 13.2. The summed E-state index contributed by atoms with van der Waals surface area (Å²) < 4.78 is 6.17. The van der Waals surface area contributed by atoms with E-state index in [0.29, 0.717) is 12.3 Å². The molecule has 5 fully saturated rings. The average molecular weight is 314 g/mol. The molecule has 5 aliphatic rings. The van der Waals surface area contributed by atoms with Crippen molar-refractivity contribution in [3.05, 3.63) is 24.3 Å². The molecule has 0 aromatic rings. The fourth-order valence-corrected chi connectivity index (χ4v) is 6.59. The lowest BCUT2D eigenvalue weighted by Crippen LogP contribution is -2.74. The first-order chi connectivity index (χ1) is 10.8. The van der Waals surface area contributed by atoms with Gasteiger partial charge in [0, 0.05) is 11.8 Å². The number of carbonyl (C=O) groups is 2. The minimum Gasteiger partial charge on any atom is -0.457 e. The van der Waals surface area contributed by atoms with E-state index in [-0.39, 0.29) is 23.1 Å². The van der Waals surface area contributed by atoms with Gasteiger partial charge in [-0.3, -0.25) is 9.59 Å². The van der Waals surface area contributed by atoms with Gasteiger partial charge in [0.15, 0.2) is 5.78 Å². The number of esters is 1. The van der Waals surface area contributed by atoms with E-state index in [4.69, 9.17) is 4.74 Å². The molecular formula is C20H26O3. The lowest BCUT2D eigenvalue weighted by Gasteiger charge is -2.70. The third-order valence-corrected chi connectivity index (χ3v) is 7.73. The van der Waals surface area contributed by atoms with Crippen molar-refractivity contribution in [3.8, 4) is 0 Å². The van der Waals surface area contributed by atoms with Crippen LogP contribution in [0.1, 0.15) is 58.8 Å². The maximum Gasteiger partial charge on any atom is 0.306 e. The average Bonchev–Trinajstić information content (AvgIpc) is 2.50. The number of fused-ring (bicyclic) bond motifs is 2. The fraction of sp³-hybridized carbons (Fsp3) is 0.700. The summed E-state index contributed by atoms with van der Waals surface area (Å²) in [6.07, 6.45) is 5.67. The van der Waals surface area contributed by atoms with Crippen LogP contribution in [0.15, 0.2) is 24.3 Å². The van der Waals surface area contributed by atoms with E-state index >= 15 is 0 Å². The molecule has 4 saturated carbocycles. The van der Waals surface area contributed by atoms with E-state index in [1.54, 1.807) is 0 Å². The fourth-order valence-electron chi connectivity index (χ4n) is 6.59. The lowest BCUT2D eigenvalue weighted by atomic mass is 9.37. The highest BCUT2D eigenvalue weighted by molar-refractivity contribution is 6.03. The van der Waals surface area contributed by atoms with Crippen molar-refractivity contribution < 1.29 is 14.3 Å². The third kappa shape index (κ3) is 1.52. The first-order valence-corrected chi connectivity index (χ1v) is 8.88. The predicted octanol–water partition coefficient (Wildman–Crippen LogP) is 3.98. The van der Waals surface area contributed by atoms with Gasteiger partial charge in [-0.05, 0) is 62.9 Å². The Bertz CT molecular complexity index is 647. The van der Waals surface area contributed by atoms with Gasteiger partial charge in [-0.15, -0.1) is 0 Å². The molecule has 0 aromatic carbocycles. The van der Waals surface area contributed by atoms with Gasteiger partial charge in [0.2, 0.25) is 0 Å². The van der Waals surface area contributed by atoms with Crippen molar-refractivity contribution >= 4 is 11.8 Å². The van der Waals surface area contributed by atoms with Crippen molar-refractivity contribution in [2.75, 3.05) is 0 Å². The Morgan fingerprint density at radius 3 is 2.61 bits per heavy atom. The van der Waals surface area contributed by atoms with Crippen LogP contribution >= 0.6 is 0 Å². The number of carbonyl (C=O) groups excluding carboxylic acids is 2. The van der Waals surface area contributed by atoms with Gasteiger partial charge in [-0.1, -0.05) is 25.7 Å². The molecule has 124 valence electrons. The molecule has 5 atom stereocenters. The molecular weight excluding hydrogens is 288 g/mol. The number of allylic oxidation sites excluding steroid dienone is 2. The van der Waals surface area contributed by atoms with Crippen molar-refractivity contribution in [3.63, 3.8) is 0 Å². The van der Waals surface area contributed by atoms with E-state index < -0.39 is 11.0 Å². The van der Waals surface area contributed by atoms with Gasteiger partial charge < -0.3 is 4.74 Å². The standard InChI is InChI=1S/C20H26O3/c1-12(2)15-6-10-19-9-5-14(13(3)17(19)22)11-20(19)18(15,4)8-7-16(21)23-20/h14-15H,1,3,5-11H2,2,4H3/t14-,15+,18+,19+,20+/m0/s1. The summed E-state index contributed by atoms with van der Waals surface area (Å²) in [4.78, 5) is 25.5. The minimum absolute atomic E-state index is 0.129. The number of ether oxygens (including phenoxy) is 1. The van der Waals surface area contributed by atoms with Crippen molar-refractivity contribution in [1.29, 1.82) is 0 Å². The first-order valence-electron chi connectivity index (χ1n) is 8.88. The van der Waals surface area contributed by atoms with Crippen LogP contribution in [-0.2, 0) is 14.3 Å². The van der Waals surface area contributed by atoms with E-state index in [0.717, 1.165) is 49.7 Å². The highest BCUT2D eigenvalue weighted by Gasteiger charge is 2.76. The second kappa shape index (κ2) is 4.37. The summed E-state index contributed by atoms with van der Waals surface area (Å²) in [6, 6.07) is 0. The number of Topliss-reactive ketones (excluding diaryl/α,β-unsaturated/α-hetero) is 1. The maximum absolute atomic E-state index is 13.2. The van der Waals surface area contributed by atoms with Crippen LogP contribution in [0.2, 0.25) is 0 Å². The summed E-state index contributed by atoms with van der Waals surface area (Å²) in [5.41, 5.74) is 0.584. The number of rotatable bonds is 1. The van der Waals surface area contributed by atoms with Crippen LogP contribution in [0, 0.1) is 22.7 Å². The second-order valence-electron chi connectivity index (χ2n) is 8.53. The molecule has 1 aliphatic heterocycles. The molecule has 3 heteroatoms. The molecule has 4 aliphatic carbocycles. The summed E-state index contributed by atoms with van der Waals surface area (Å²) in [5, 5.41) is 0. The van der Waals surface area contributed by atoms with Gasteiger partial charge in [0.1, 0.15) is 5.60 Å². The van der Waals surface area contributed by atoms with E-state index in [1.807, 2.05) is 0 Å². The molecule has 23 heavy (non-hydrogen) atoms. The van der Waals surface area contributed by atoms with Crippen molar-refractivity contribution in [1.82, 2.24) is 0 Å². The zero-order valence-electron chi connectivity index (χ0n) is 14.2. The Balaban J connectivity index is 1.94. The molecule has 0 N–H and O–H groups in total. The molecule has 1 heterocycles. The molecule has 5 rings (SSSR count). The van der Waals surface area contributed by atoms with Gasteiger partial charge in [-0.25, -0.2) is 0 Å². The van der Waals surface area contributed by atoms with Crippen LogP contribution < -0.4 is 0 Å². The summed E-state index contributed by atoms with van der Waals surface area (Å²) in [5.74, 6) is 0.552. The largest absolute Gasteiger partial charge is 0.457 e. The Hall–Kier alpha value is -1.38. The second-order valence-corrected chi connectivity index (χ2v) is 8.53. The van der Waals surface area contributed by atoms with Crippen LogP contribution in [0.5, 0.6) is 0 Å². The van der Waals surface area contributed by atoms with Crippen LogP contribution in [0.3, 0.4) is 0 Å². The SMILES string of the molecule is C=C1C(=O)[C@]23CC[C@H]1C[C@]21OC(=O)CC[C@]1(C)[C@@H](C(=C)C)CC3. The molecule has 3 nitrogen and oxygen atoms in total. The lowest BCUT2D eigenvalue weighted by molar-refractivity contribution is -0.270. The molecule has 0 radical (unpaired) electrons. The quantitative estimate of drug-likeness (QED) is 0.418. The Morgan fingerprint density at radius 2 is 1.91 bits per heavy atom. The highest BCUT2D eigenvalue weighted by Crippen LogP contribution is 2.72. The molecule has 0 aromatic heterocycles. The Morgan fingerprint density at radius 1 is 1.22 bits per heavy atom. The van der Waals surface area contributed by atoms with Gasteiger partial charge in [-0.2, -0.15) is 0 Å². The van der Waals surface area contributed by atoms with Crippen LogP contribution in [-0.4, -0.2) is 17.4 Å². The van der Waals surface area contributed by atoms with E-state index in [9.17, 15) is 9.59 Å². The summed E-state index contributed by atoms with van der Waals surface area (Å²) >= 11 is 0. The van der Waals surface area contributed by atoms with Gasteiger partial charge in [0.25, 0.3) is 0 Å². The molecule has 2 bridgehead atoms. The van der Waals surface area contributed by atoms with Crippen molar-refractivity contribution in [2.45, 2.75) is 64.4 Å². The highest BCUT2D eigenvalue weighted by atomic mass is 16.6. The topological polar surface area (TPSA) is 43.4 Å². The zero-order valence-corrected chi connectivity index (χ0v) is 14.2. The summed E-state index contributed by atoms with van der Waals surface area (Å²) in [7, 11) is 0.